The lowest BCUT2D eigenvalue weighted by Crippen LogP contribution is -2.36. The summed E-state index contributed by atoms with van der Waals surface area (Å²) in [5.41, 5.74) is -0.730. The van der Waals surface area contributed by atoms with Gasteiger partial charge in [-0.15, -0.1) is 16.9 Å². The van der Waals surface area contributed by atoms with E-state index in [1.165, 1.54) is 56.4 Å². The van der Waals surface area contributed by atoms with Crippen LogP contribution in [0.5, 0.6) is 0 Å². The molecule has 38 heavy (non-hydrogen) atoms. The molecule has 2 aromatic carbocycles. The number of esters is 1. The molecule has 1 atom stereocenters. The number of carboxylic acids is 1. The molecule has 0 spiro atoms. The van der Waals surface area contributed by atoms with Crippen LogP contribution in [0.25, 0.3) is 0 Å². The lowest BCUT2D eigenvalue weighted by Gasteiger charge is -2.20. The molecule has 1 heterocycles. The molecule has 0 fully saturated rings. The zero-order valence-corrected chi connectivity index (χ0v) is 20.7. The predicted molar refractivity (Wildman–Crippen MR) is 124 cm³/mol. The van der Waals surface area contributed by atoms with Gasteiger partial charge < -0.3 is 9.84 Å². The Hall–Kier alpha value is -3.55. The number of hydrogen-bond acceptors (Lipinski definition) is 6. The molecule has 0 radical (unpaired) electrons. The second-order valence-electron chi connectivity index (χ2n) is 8.68. The third-order valence-corrected chi connectivity index (χ3v) is 6.39. The molecule has 0 amide bonds. The van der Waals surface area contributed by atoms with Gasteiger partial charge in [0.1, 0.15) is 4.75 Å². The molecule has 14 heteroatoms. The molecule has 1 aromatic heterocycles. The number of aliphatic carboxylic acids is 1. The molecule has 3 rings (SSSR count). The summed E-state index contributed by atoms with van der Waals surface area (Å²) in [6.07, 6.45) is -11.6. The summed E-state index contributed by atoms with van der Waals surface area (Å²) in [7, 11) is 0. The minimum Gasteiger partial charge on any atom is -0.480 e. The number of aromatic nitrogens is 3. The van der Waals surface area contributed by atoms with E-state index in [0.29, 0.717) is 10.5 Å². The van der Waals surface area contributed by atoms with Crippen molar-refractivity contribution in [3.05, 3.63) is 77.1 Å². The maximum atomic E-state index is 13.6. The van der Waals surface area contributed by atoms with Gasteiger partial charge in [-0.05, 0) is 55.8 Å². The summed E-state index contributed by atoms with van der Waals surface area (Å²) < 4.78 is 83.6. The fourth-order valence-corrected chi connectivity index (χ4v) is 4.05. The zero-order chi connectivity index (χ0) is 28.3. The van der Waals surface area contributed by atoms with Crippen LogP contribution in [-0.2, 0) is 28.7 Å². The molecule has 7 nitrogen and oxygen atoms in total. The highest BCUT2D eigenvalue weighted by atomic mass is 32.2. The van der Waals surface area contributed by atoms with Gasteiger partial charge in [0, 0.05) is 17.5 Å². The average Bonchev–Trinajstić information content (AvgIpc) is 3.24. The molecule has 1 unspecified atom stereocenters. The van der Waals surface area contributed by atoms with E-state index in [9.17, 15) is 41.0 Å². The quantitative estimate of drug-likeness (QED) is 0.206. The third kappa shape index (κ3) is 7.73. The van der Waals surface area contributed by atoms with Crippen molar-refractivity contribution in [2.24, 2.45) is 0 Å². The van der Waals surface area contributed by atoms with Crippen molar-refractivity contribution in [3.8, 4) is 0 Å². The molecule has 0 saturated carbocycles. The van der Waals surface area contributed by atoms with Crippen LogP contribution in [0.2, 0.25) is 0 Å². The Kier molecular flexibility index (Phi) is 8.44. The second kappa shape index (κ2) is 11.1. The summed E-state index contributed by atoms with van der Waals surface area (Å²) in [4.78, 5) is 24.1. The van der Waals surface area contributed by atoms with Crippen LogP contribution in [-0.4, -0.2) is 49.1 Å². The number of halogens is 6. The number of hydrogen-bond donors (Lipinski definition) is 1. The van der Waals surface area contributed by atoms with Crippen molar-refractivity contribution < 1.29 is 45.8 Å². The number of carbonyl (C=O) groups excluding carboxylic acids is 1. The average molecular weight is 562 g/mol. The van der Waals surface area contributed by atoms with Gasteiger partial charge in [-0.3, -0.25) is 4.79 Å². The van der Waals surface area contributed by atoms with Gasteiger partial charge in [0.25, 0.3) is 0 Å². The smallest absolute Gasteiger partial charge is 0.425 e. The lowest BCUT2D eigenvalue weighted by molar-refractivity contribution is -0.204. The first-order valence-electron chi connectivity index (χ1n) is 10.9. The van der Waals surface area contributed by atoms with E-state index >= 15 is 0 Å². The largest absolute Gasteiger partial charge is 0.480 e. The van der Waals surface area contributed by atoms with E-state index in [-0.39, 0.29) is 17.8 Å². The topological polar surface area (TPSA) is 94.3 Å². The van der Waals surface area contributed by atoms with E-state index in [1.54, 1.807) is 0 Å². The molecule has 0 aliphatic heterocycles. The van der Waals surface area contributed by atoms with E-state index < -0.39 is 47.1 Å². The van der Waals surface area contributed by atoms with Gasteiger partial charge in [0.05, 0.1) is 23.4 Å². The molecule has 1 N–H and O–H groups in total. The van der Waals surface area contributed by atoms with E-state index in [4.69, 9.17) is 4.74 Å². The molecule has 0 aliphatic rings. The number of carbonyl (C=O) groups is 2. The molecular weight excluding hydrogens is 540 g/mol. The fourth-order valence-electron chi connectivity index (χ4n) is 3.10. The molecule has 0 bridgehead atoms. The van der Waals surface area contributed by atoms with E-state index in [2.05, 4.69) is 10.3 Å². The number of alkyl halides is 6. The summed E-state index contributed by atoms with van der Waals surface area (Å²) in [5.74, 6) is -2.30. The van der Waals surface area contributed by atoms with Crippen molar-refractivity contribution in [3.63, 3.8) is 0 Å². The van der Waals surface area contributed by atoms with Crippen LogP contribution >= 0.6 is 11.8 Å². The van der Waals surface area contributed by atoms with Crippen LogP contribution in [0.4, 0.5) is 26.3 Å². The van der Waals surface area contributed by atoms with Gasteiger partial charge in [0.2, 0.25) is 6.10 Å². The van der Waals surface area contributed by atoms with Gasteiger partial charge in [-0.2, -0.15) is 26.3 Å². The Morgan fingerprint density at radius 1 is 1.00 bits per heavy atom. The first-order valence-corrected chi connectivity index (χ1v) is 11.7. The first-order chi connectivity index (χ1) is 17.5. The monoisotopic (exact) mass is 561 g/mol. The highest BCUT2D eigenvalue weighted by molar-refractivity contribution is 8.01. The van der Waals surface area contributed by atoms with E-state index in [0.717, 1.165) is 28.6 Å². The Bertz CT molecular complexity index is 1270. The number of rotatable bonds is 9. The molecule has 204 valence electrons. The summed E-state index contributed by atoms with van der Waals surface area (Å²) in [6.45, 7) is 2.93. The summed E-state index contributed by atoms with van der Waals surface area (Å²) >= 11 is 1.000. The Morgan fingerprint density at radius 2 is 1.61 bits per heavy atom. The first kappa shape index (κ1) is 29.0. The van der Waals surface area contributed by atoms with Crippen LogP contribution in [0, 0.1) is 0 Å². The molecular formula is C24H21F6N3O4S. The number of thioether (sulfide) groups is 1. The van der Waals surface area contributed by atoms with Crippen LogP contribution in [0.1, 0.15) is 41.0 Å². The van der Waals surface area contributed by atoms with Crippen molar-refractivity contribution in [1.82, 2.24) is 15.0 Å². The fraction of sp³-hybridized carbons (Fsp3) is 0.333. The van der Waals surface area contributed by atoms with Crippen LogP contribution in [0.15, 0.2) is 59.6 Å². The van der Waals surface area contributed by atoms with Gasteiger partial charge in [-0.25, -0.2) is 9.48 Å². The standard InChI is InChI=1S/C24H21F6N3O4S/c1-22(2,21(35)36)38-18-9-5-15(6-10-18)20(34)37-19(24(28,29)30)11-17-13-33(32-31-17)12-14-3-7-16(8-4-14)23(25,26)27/h3-10,13,19H,11-12H2,1-2H3,(H,35,36). The summed E-state index contributed by atoms with van der Waals surface area (Å²) in [5, 5.41) is 16.6. The highest BCUT2D eigenvalue weighted by Gasteiger charge is 2.43. The predicted octanol–water partition coefficient (Wildman–Crippen LogP) is 5.63. The Morgan fingerprint density at radius 3 is 2.13 bits per heavy atom. The van der Waals surface area contributed by atoms with Crippen molar-refractivity contribution >= 4 is 23.7 Å². The van der Waals surface area contributed by atoms with E-state index in [1.807, 2.05) is 0 Å². The Labute approximate surface area is 216 Å². The normalized spacial score (nSPS) is 13.3. The summed E-state index contributed by atoms with van der Waals surface area (Å²) in [6, 6.07) is 9.47. The van der Waals surface area contributed by atoms with Crippen molar-refractivity contribution in [1.29, 1.82) is 0 Å². The molecule has 0 saturated heterocycles. The van der Waals surface area contributed by atoms with Gasteiger partial charge in [-0.1, -0.05) is 17.3 Å². The maximum absolute atomic E-state index is 13.6. The van der Waals surface area contributed by atoms with Crippen LogP contribution < -0.4 is 0 Å². The van der Waals surface area contributed by atoms with Crippen molar-refractivity contribution in [2.75, 3.05) is 0 Å². The zero-order valence-electron chi connectivity index (χ0n) is 19.9. The third-order valence-electron chi connectivity index (χ3n) is 5.20. The van der Waals surface area contributed by atoms with Crippen molar-refractivity contribution in [2.45, 2.75) is 54.9 Å². The molecule has 3 aromatic rings. The van der Waals surface area contributed by atoms with Gasteiger partial charge >= 0.3 is 24.3 Å². The number of nitrogens with zero attached hydrogens (tertiary/aromatic N) is 3. The highest BCUT2D eigenvalue weighted by Crippen LogP contribution is 2.33. The maximum Gasteiger partial charge on any atom is 0.425 e. The second-order valence-corrected chi connectivity index (χ2v) is 10.4. The minimum absolute atomic E-state index is 0.0370. The van der Waals surface area contributed by atoms with Gasteiger partial charge in [0.15, 0.2) is 0 Å². The lowest BCUT2D eigenvalue weighted by atomic mass is 10.1. The number of ether oxygens (including phenoxy) is 1. The SMILES string of the molecule is CC(C)(Sc1ccc(C(=O)OC(Cc2cn(Cc3ccc(C(F)(F)F)cc3)nn2)C(F)(F)F)cc1)C(=O)O. The number of benzene rings is 2. The number of carboxylic acid groups (broad SMARTS) is 1. The minimum atomic E-state index is -4.92. The molecule has 0 aliphatic carbocycles. The van der Waals surface area contributed by atoms with Crippen LogP contribution in [0.3, 0.4) is 0 Å². The Balaban J connectivity index is 1.66.